The molecule has 0 atom stereocenters. The number of carbonyl (C=O) groups is 1. The van der Waals surface area contributed by atoms with Crippen molar-refractivity contribution in [1.29, 1.82) is 0 Å². The van der Waals surface area contributed by atoms with Crippen LogP contribution >= 0.6 is 0 Å². The largest absolute Gasteiger partial charge is 0.478 e. The van der Waals surface area contributed by atoms with Gasteiger partial charge in [-0.3, -0.25) is 0 Å². The Morgan fingerprint density at radius 3 is 2.58 bits per heavy atom. The summed E-state index contributed by atoms with van der Waals surface area (Å²) in [6.07, 6.45) is 7.91. The van der Waals surface area contributed by atoms with Crippen molar-refractivity contribution in [3.63, 3.8) is 0 Å². The van der Waals surface area contributed by atoms with Gasteiger partial charge < -0.3 is 5.11 Å². The summed E-state index contributed by atoms with van der Waals surface area (Å²) in [7, 11) is 0. The molecule has 2 aromatic carbocycles. The Kier molecular flexibility index (Phi) is 4.48. The molecular weight excluding hydrogens is 296 g/mol. The third kappa shape index (κ3) is 3.38. The average Bonchev–Trinajstić information content (AvgIpc) is 2.91. The second-order valence-corrected chi connectivity index (χ2v) is 6.14. The lowest BCUT2D eigenvalue weighted by Gasteiger charge is -2.05. The fraction of sp³-hybridized carbons (Fsp3) is 0.136. The van der Waals surface area contributed by atoms with Crippen LogP contribution in [0.3, 0.4) is 0 Å². The van der Waals surface area contributed by atoms with Gasteiger partial charge in [0.15, 0.2) is 0 Å². The highest BCUT2D eigenvalue weighted by molar-refractivity contribution is 5.81. The van der Waals surface area contributed by atoms with Gasteiger partial charge in [-0.15, -0.1) is 0 Å². The summed E-state index contributed by atoms with van der Waals surface area (Å²) in [5, 5.41) is 8.71. The highest BCUT2D eigenvalue weighted by Gasteiger charge is 2.17. The van der Waals surface area contributed by atoms with Crippen molar-refractivity contribution < 1.29 is 9.90 Å². The molecular formula is C22H20O2. The number of benzene rings is 2. The van der Waals surface area contributed by atoms with Crippen LogP contribution in [0.15, 0.2) is 72.3 Å². The van der Waals surface area contributed by atoms with Crippen molar-refractivity contribution in [2.45, 2.75) is 20.3 Å². The summed E-state index contributed by atoms with van der Waals surface area (Å²) in [5.41, 5.74) is 8.51. The zero-order valence-electron chi connectivity index (χ0n) is 13.9. The topological polar surface area (TPSA) is 37.3 Å². The zero-order valence-corrected chi connectivity index (χ0v) is 13.9. The first kappa shape index (κ1) is 16.0. The number of fused-ring (bicyclic) bond motifs is 3. The lowest BCUT2D eigenvalue weighted by atomic mass is 9.99. The molecule has 0 bridgehead atoms. The van der Waals surface area contributed by atoms with Crippen molar-refractivity contribution >= 4 is 11.5 Å². The maximum Gasteiger partial charge on any atom is 0.328 e. The lowest BCUT2D eigenvalue weighted by Crippen LogP contribution is -1.87. The van der Waals surface area contributed by atoms with Crippen LogP contribution in [0.2, 0.25) is 0 Å². The molecule has 24 heavy (non-hydrogen) atoms. The molecule has 1 aliphatic rings. The number of hydrogen-bond acceptors (Lipinski definition) is 1. The smallest absolute Gasteiger partial charge is 0.328 e. The van der Waals surface area contributed by atoms with Gasteiger partial charge in [-0.25, -0.2) is 4.79 Å². The van der Waals surface area contributed by atoms with Crippen LogP contribution in [0.1, 0.15) is 30.5 Å². The van der Waals surface area contributed by atoms with E-state index in [1.807, 2.05) is 12.2 Å². The fourth-order valence-electron chi connectivity index (χ4n) is 3.07. The van der Waals surface area contributed by atoms with Gasteiger partial charge in [-0.05, 0) is 59.2 Å². The van der Waals surface area contributed by atoms with Crippen molar-refractivity contribution in [3.8, 4) is 11.1 Å². The van der Waals surface area contributed by atoms with Crippen molar-refractivity contribution in [2.24, 2.45) is 0 Å². The molecule has 2 heteroatoms. The molecule has 0 heterocycles. The van der Waals surface area contributed by atoms with E-state index in [1.54, 1.807) is 13.0 Å². The fourth-order valence-corrected chi connectivity index (χ4v) is 3.07. The van der Waals surface area contributed by atoms with E-state index in [1.165, 1.54) is 33.9 Å². The number of rotatable bonds is 4. The first-order valence-corrected chi connectivity index (χ1v) is 8.02. The second kappa shape index (κ2) is 6.71. The molecule has 2 aromatic rings. The Labute approximate surface area is 142 Å². The SMILES string of the molecule is C/C(=C/C=C/C(C)=C/C(=O)O)c1ccc2c(c1)Cc1ccccc1-2. The van der Waals surface area contributed by atoms with Gasteiger partial charge in [0.25, 0.3) is 0 Å². The van der Waals surface area contributed by atoms with Crippen LogP contribution in [0.25, 0.3) is 16.7 Å². The molecule has 2 nitrogen and oxygen atoms in total. The predicted octanol–water partition coefficient (Wildman–Crippen LogP) is 5.25. The molecule has 3 rings (SSSR count). The maximum absolute atomic E-state index is 10.6. The van der Waals surface area contributed by atoms with Crippen molar-refractivity contribution in [1.82, 2.24) is 0 Å². The molecule has 1 aliphatic carbocycles. The Morgan fingerprint density at radius 1 is 1.04 bits per heavy atom. The Balaban J connectivity index is 1.82. The van der Waals surface area contributed by atoms with Gasteiger partial charge >= 0.3 is 5.97 Å². The quantitative estimate of drug-likeness (QED) is 0.527. The zero-order chi connectivity index (χ0) is 17.1. The van der Waals surface area contributed by atoms with E-state index in [0.29, 0.717) is 0 Å². The Morgan fingerprint density at radius 2 is 1.79 bits per heavy atom. The molecule has 0 aromatic heterocycles. The van der Waals surface area contributed by atoms with Gasteiger partial charge in [0.2, 0.25) is 0 Å². The second-order valence-electron chi connectivity index (χ2n) is 6.14. The number of allylic oxidation sites excluding steroid dienone is 5. The minimum Gasteiger partial charge on any atom is -0.478 e. The van der Waals surface area contributed by atoms with Gasteiger partial charge in [-0.1, -0.05) is 60.7 Å². The summed E-state index contributed by atoms with van der Waals surface area (Å²) in [6, 6.07) is 15.2. The van der Waals surface area contributed by atoms with E-state index in [-0.39, 0.29) is 0 Å². The van der Waals surface area contributed by atoms with E-state index in [2.05, 4.69) is 49.4 Å². The molecule has 120 valence electrons. The van der Waals surface area contributed by atoms with Gasteiger partial charge in [0.1, 0.15) is 0 Å². The highest BCUT2D eigenvalue weighted by atomic mass is 16.4. The van der Waals surface area contributed by atoms with E-state index < -0.39 is 5.97 Å². The molecule has 1 N–H and O–H groups in total. The van der Waals surface area contributed by atoms with Gasteiger partial charge in [-0.2, -0.15) is 0 Å². The maximum atomic E-state index is 10.6. The molecule has 0 unspecified atom stereocenters. The third-order valence-corrected chi connectivity index (χ3v) is 4.31. The van der Waals surface area contributed by atoms with E-state index in [9.17, 15) is 4.79 Å². The Hall–Kier alpha value is -2.87. The molecule has 0 saturated heterocycles. The highest BCUT2D eigenvalue weighted by Crippen LogP contribution is 2.37. The number of carboxylic acids is 1. The molecule has 0 radical (unpaired) electrons. The van der Waals surface area contributed by atoms with Gasteiger partial charge in [0.05, 0.1) is 0 Å². The number of carboxylic acid groups (broad SMARTS) is 1. The molecule has 0 saturated carbocycles. The van der Waals surface area contributed by atoms with Gasteiger partial charge in [0, 0.05) is 6.08 Å². The van der Waals surface area contributed by atoms with Crippen LogP contribution in [0, 0.1) is 0 Å². The summed E-state index contributed by atoms with van der Waals surface area (Å²) in [6.45, 7) is 3.85. The number of hydrogen-bond donors (Lipinski definition) is 1. The molecule has 0 aliphatic heterocycles. The summed E-state index contributed by atoms with van der Waals surface area (Å²) in [4.78, 5) is 10.6. The first-order valence-electron chi connectivity index (χ1n) is 8.02. The first-order chi connectivity index (χ1) is 11.5. The van der Waals surface area contributed by atoms with Crippen LogP contribution in [-0.4, -0.2) is 11.1 Å². The standard InChI is InChI=1S/C22H20O2/c1-15(12-22(23)24)6-5-7-16(2)17-10-11-21-19(13-17)14-18-8-3-4-9-20(18)21/h3-13H,14H2,1-2H3,(H,23,24)/b6-5+,15-12+,16-7-. The molecule has 0 amide bonds. The van der Waals surface area contributed by atoms with Crippen LogP contribution in [0.5, 0.6) is 0 Å². The summed E-state index contributed by atoms with van der Waals surface area (Å²) in [5.74, 6) is -0.920. The van der Waals surface area contributed by atoms with E-state index >= 15 is 0 Å². The summed E-state index contributed by atoms with van der Waals surface area (Å²) >= 11 is 0. The minimum atomic E-state index is -0.920. The van der Waals surface area contributed by atoms with E-state index in [0.717, 1.165) is 17.6 Å². The van der Waals surface area contributed by atoms with Crippen LogP contribution in [0.4, 0.5) is 0 Å². The van der Waals surface area contributed by atoms with Crippen LogP contribution in [-0.2, 0) is 11.2 Å². The molecule has 0 spiro atoms. The molecule has 0 fully saturated rings. The normalized spacial score (nSPS) is 13.9. The minimum absolute atomic E-state index is 0.718. The van der Waals surface area contributed by atoms with Crippen LogP contribution < -0.4 is 0 Å². The number of aliphatic carboxylic acids is 1. The average molecular weight is 316 g/mol. The van der Waals surface area contributed by atoms with E-state index in [4.69, 9.17) is 5.11 Å². The van der Waals surface area contributed by atoms with Crippen molar-refractivity contribution in [3.05, 3.63) is 89.0 Å². The monoisotopic (exact) mass is 316 g/mol. The predicted molar refractivity (Wildman–Crippen MR) is 98.9 cm³/mol. The Bertz CT molecular complexity index is 883. The summed E-state index contributed by atoms with van der Waals surface area (Å²) < 4.78 is 0. The lowest BCUT2D eigenvalue weighted by molar-refractivity contribution is -0.131. The third-order valence-electron chi connectivity index (χ3n) is 4.31. The van der Waals surface area contributed by atoms with Crippen molar-refractivity contribution in [2.75, 3.05) is 0 Å².